The summed E-state index contributed by atoms with van der Waals surface area (Å²) in [5.74, 6) is 0.801. The summed E-state index contributed by atoms with van der Waals surface area (Å²) in [6.07, 6.45) is 11.7. The number of ether oxygens (including phenoxy) is 1. The van der Waals surface area contributed by atoms with Crippen LogP contribution in [0.3, 0.4) is 0 Å². The van der Waals surface area contributed by atoms with Crippen LogP contribution in [0.15, 0.2) is 35.9 Å². The number of carbonyl (C=O) groups is 2. The van der Waals surface area contributed by atoms with Crippen molar-refractivity contribution >= 4 is 34.4 Å². The molecular formula is C30H45IN2O5. The minimum absolute atomic E-state index is 0.0566. The first kappa shape index (κ1) is 30.9. The van der Waals surface area contributed by atoms with E-state index in [1.165, 1.54) is 25.7 Å². The van der Waals surface area contributed by atoms with Crippen LogP contribution in [0, 0.1) is 9.49 Å². The third-order valence-corrected chi connectivity index (χ3v) is 8.60. The van der Waals surface area contributed by atoms with Gasteiger partial charge in [0.1, 0.15) is 18.0 Å². The molecule has 0 radical (unpaired) electrons. The van der Waals surface area contributed by atoms with E-state index in [0.717, 1.165) is 42.1 Å². The van der Waals surface area contributed by atoms with E-state index >= 15 is 0 Å². The van der Waals surface area contributed by atoms with Crippen LogP contribution in [0.2, 0.25) is 0 Å². The molecule has 1 aromatic rings. The summed E-state index contributed by atoms with van der Waals surface area (Å²) in [6.45, 7) is 2.78. The standard InChI is InChI=1S/C30H45IN2O5/c1-2-3-4-5-9-16-28(35)33(21-22-12-7-6-8-13-22)25-19-23(30(37)32-17-18-34)20-27(29(25)36)38-26-15-11-10-14-24(26)31/h10-11,14-15,20,22,25,27,29,34,36H,2-9,12-13,16-19,21H2,1H3,(H,32,37)/t25-,27+,29+/m1/s1. The van der Waals surface area contributed by atoms with Crippen molar-refractivity contribution in [2.75, 3.05) is 19.7 Å². The molecule has 2 amide bonds. The van der Waals surface area contributed by atoms with Gasteiger partial charge >= 0.3 is 0 Å². The van der Waals surface area contributed by atoms with Gasteiger partial charge in [0.15, 0.2) is 0 Å². The first-order valence-corrected chi connectivity index (χ1v) is 15.5. The van der Waals surface area contributed by atoms with Gasteiger partial charge in [-0.3, -0.25) is 9.59 Å². The van der Waals surface area contributed by atoms with Crippen molar-refractivity contribution < 1.29 is 24.5 Å². The number of benzene rings is 1. The van der Waals surface area contributed by atoms with Crippen LogP contribution >= 0.6 is 22.6 Å². The highest BCUT2D eigenvalue weighted by atomic mass is 127. The topological polar surface area (TPSA) is 99.1 Å². The Morgan fingerprint density at radius 1 is 1.11 bits per heavy atom. The monoisotopic (exact) mass is 640 g/mol. The van der Waals surface area contributed by atoms with Crippen LogP contribution in [0.4, 0.5) is 0 Å². The third-order valence-electron chi connectivity index (χ3n) is 7.71. The number of halogens is 1. The summed E-state index contributed by atoms with van der Waals surface area (Å²) >= 11 is 2.19. The molecule has 0 unspecified atom stereocenters. The number of rotatable bonds is 14. The lowest BCUT2D eigenvalue weighted by Gasteiger charge is -2.42. The quantitative estimate of drug-likeness (QED) is 0.197. The van der Waals surface area contributed by atoms with Gasteiger partial charge in [-0.2, -0.15) is 0 Å². The molecule has 1 aromatic carbocycles. The predicted octanol–water partition coefficient (Wildman–Crippen LogP) is 4.98. The van der Waals surface area contributed by atoms with Gasteiger partial charge in [0.2, 0.25) is 11.8 Å². The summed E-state index contributed by atoms with van der Waals surface area (Å²) in [7, 11) is 0. The first-order valence-electron chi connectivity index (χ1n) is 14.4. The fourth-order valence-corrected chi connectivity index (χ4v) is 6.07. The highest BCUT2D eigenvalue weighted by Gasteiger charge is 2.41. The molecule has 8 heteroatoms. The van der Waals surface area contributed by atoms with Crippen molar-refractivity contribution in [3.63, 3.8) is 0 Å². The lowest BCUT2D eigenvalue weighted by molar-refractivity contribution is -0.140. The van der Waals surface area contributed by atoms with Crippen molar-refractivity contribution in [1.29, 1.82) is 0 Å². The van der Waals surface area contributed by atoms with Gasteiger partial charge in [0.25, 0.3) is 0 Å². The molecule has 0 saturated heterocycles. The summed E-state index contributed by atoms with van der Waals surface area (Å²) in [4.78, 5) is 28.6. The van der Waals surface area contributed by atoms with E-state index in [0.29, 0.717) is 30.2 Å². The summed E-state index contributed by atoms with van der Waals surface area (Å²) < 4.78 is 7.16. The molecule has 0 heterocycles. The number of hydrogen-bond donors (Lipinski definition) is 3. The Kier molecular flexibility index (Phi) is 13.4. The van der Waals surface area contributed by atoms with Crippen molar-refractivity contribution in [2.45, 2.75) is 102 Å². The van der Waals surface area contributed by atoms with E-state index in [-0.39, 0.29) is 31.4 Å². The SMILES string of the molecule is CCCCCCCC(=O)N(CC1CCCCC1)[C@@H]1CC(C(=O)NCCO)=C[C@H](Oc2ccccc2I)[C@H]1O. The van der Waals surface area contributed by atoms with Gasteiger partial charge in [-0.05, 0) is 66.0 Å². The second kappa shape index (κ2) is 16.5. The average molecular weight is 641 g/mol. The summed E-state index contributed by atoms with van der Waals surface area (Å²) in [5, 5.41) is 23.6. The first-order chi connectivity index (χ1) is 18.4. The molecule has 0 aliphatic heterocycles. The fourth-order valence-electron chi connectivity index (χ4n) is 5.56. The van der Waals surface area contributed by atoms with Crippen molar-refractivity contribution in [3.05, 3.63) is 39.5 Å². The highest BCUT2D eigenvalue weighted by Crippen LogP contribution is 2.32. The lowest BCUT2D eigenvalue weighted by atomic mass is 9.85. The van der Waals surface area contributed by atoms with Crippen LogP contribution in [0.1, 0.15) is 84.0 Å². The van der Waals surface area contributed by atoms with Gasteiger partial charge in [0.05, 0.1) is 16.2 Å². The maximum Gasteiger partial charge on any atom is 0.247 e. The molecule has 1 fully saturated rings. The Morgan fingerprint density at radius 3 is 2.55 bits per heavy atom. The maximum atomic E-state index is 13.7. The van der Waals surface area contributed by atoms with Crippen molar-refractivity contribution in [1.82, 2.24) is 10.2 Å². The number of amides is 2. The van der Waals surface area contributed by atoms with E-state index in [1.54, 1.807) is 6.08 Å². The molecule has 38 heavy (non-hydrogen) atoms. The Balaban J connectivity index is 1.85. The zero-order valence-corrected chi connectivity index (χ0v) is 24.9. The molecule has 3 rings (SSSR count). The Hall–Kier alpha value is -1.65. The zero-order valence-electron chi connectivity index (χ0n) is 22.7. The van der Waals surface area contributed by atoms with Crippen LogP contribution in [0.25, 0.3) is 0 Å². The molecule has 212 valence electrons. The smallest absolute Gasteiger partial charge is 0.247 e. The number of aliphatic hydroxyl groups excluding tert-OH is 2. The van der Waals surface area contributed by atoms with E-state index in [1.807, 2.05) is 29.2 Å². The van der Waals surface area contributed by atoms with Crippen molar-refractivity contribution in [2.24, 2.45) is 5.92 Å². The number of aliphatic hydroxyl groups is 2. The number of unbranched alkanes of at least 4 members (excludes halogenated alkanes) is 4. The van der Waals surface area contributed by atoms with E-state index in [4.69, 9.17) is 4.74 Å². The minimum atomic E-state index is -0.965. The maximum absolute atomic E-state index is 13.7. The van der Waals surface area contributed by atoms with Gasteiger partial charge in [-0.1, -0.05) is 64.0 Å². The Bertz CT molecular complexity index is 918. The second-order valence-electron chi connectivity index (χ2n) is 10.7. The van der Waals surface area contributed by atoms with Gasteiger partial charge in [-0.15, -0.1) is 0 Å². The third kappa shape index (κ3) is 9.23. The molecular weight excluding hydrogens is 595 g/mol. The summed E-state index contributed by atoms with van der Waals surface area (Å²) in [6, 6.07) is 7.02. The Morgan fingerprint density at radius 2 is 1.84 bits per heavy atom. The molecule has 0 spiro atoms. The lowest BCUT2D eigenvalue weighted by Crippen LogP contribution is -2.56. The zero-order chi connectivity index (χ0) is 27.3. The van der Waals surface area contributed by atoms with E-state index in [9.17, 15) is 19.8 Å². The number of hydrogen-bond acceptors (Lipinski definition) is 5. The molecule has 2 aliphatic rings. The molecule has 0 aromatic heterocycles. The van der Waals surface area contributed by atoms with Gasteiger partial charge < -0.3 is 25.2 Å². The molecule has 7 nitrogen and oxygen atoms in total. The normalized spacial score (nSPS) is 22.0. The number of carbonyl (C=O) groups excluding carboxylic acids is 2. The average Bonchev–Trinajstić information content (AvgIpc) is 2.93. The Labute approximate surface area is 241 Å². The summed E-state index contributed by atoms with van der Waals surface area (Å²) in [5.41, 5.74) is 0.481. The molecule has 2 aliphatic carbocycles. The van der Waals surface area contributed by atoms with E-state index in [2.05, 4.69) is 34.8 Å². The van der Waals surface area contributed by atoms with Crippen LogP contribution in [-0.4, -0.2) is 64.9 Å². The van der Waals surface area contributed by atoms with Crippen LogP contribution < -0.4 is 10.1 Å². The number of para-hydroxylation sites is 1. The molecule has 3 atom stereocenters. The molecule has 1 saturated carbocycles. The van der Waals surface area contributed by atoms with Crippen molar-refractivity contribution in [3.8, 4) is 5.75 Å². The van der Waals surface area contributed by atoms with Gasteiger partial charge in [0, 0.05) is 31.5 Å². The fraction of sp³-hybridized carbons (Fsp3) is 0.667. The van der Waals surface area contributed by atoms with Gasteiger partial charge in [-0.25, -0.2) is 0 Å². The second-order valence-corrected chi connectivity index (χ2v) is 11.8. The number of nitrogens with one attached hydrogen (secondary N) is 1. The molecule has 0 bridgehead atoms. The largest absolute Gasteiger partial charge is 0.482 e. The number of nitrogens with zero attached hydrogens (tertiary/aromatic N) is 1. The molecule has 3 N–H and O–H groups in total. The van der Waals surface area contributed by atoms with Crippen LogP contribution in [0.5, 0.6) is 5.75 Å². The highest BCUT2D eigenvalue weighted by molar-refractivity contribution is 14.1. The van der Waals surface area contributed by atoms with Crippen LogP contribution in [-0.2, 0) is 9.59 Å². The minimum Gasteiger partial charge on any atom is -0.482 e. The van der Waals surface area contributed by atoms with E-state index < -0.39 is 18.2 Å². The predicted molar refractivity (Wildman–Crippen MR) is 158 cm³/mol.